The van der Waals surface area contributed by atoms with E-state index in [1.54, 1.807) is 7.11 Å². The number of ether oxygens (including phenoxy) is 1. The summed E-state index contributed by atoms with van der Waals surface area (Å²) in [5, 5.41) is 9.35. The van der Waals surface area contributed by atoms with E-state index in [0.717, 1.165) is 6.42 Å². The van der Waals surface area contributed by atoms with Crippen molar-refractivity contribution in [2.75, 3.05) is 20.3 Å². The molecule has 0 heterocycles. The largest absolute Gasteiger partial charge is 0.392 e. The molecule has 0 radical (unpaired) electrons. The molecule has 0 aliphatic rings. The standard InChI is InChI=1S/C12H17Cl2NO4S/c1-19-7-3-2-6-15-20(17,18)11-5-4-10(13)9(8-16)12(11)14/h4-5,15-16H,2-3,6-8H2,1H3. The number of unbranched alkanes of at least 4 members (excludes halogenated alkanes) is 1. The first-order valence-electron chi connectivity index (χ1n) is 6.00. The maximum atomic E-state index is 12.1. The lowest BCUT2D eigenvalue weighted by Gasteiger charge is -2.11. The van der Waals surface area contributed by atoms with E-state index < -0.39 is 16.6 Å². The Morgan fingerprint density at radius 2 is 2.00 bits per heavy atom. The number of aliphatic hydroxyl groups excluding tert-OH is 1. The second kappa shape index (κ2) is 8.17. The van der Waals surface area contributed by atoms with E-state index in [2.05, 4.69) is 4.72 Å². The van der Waals surface area contributed by atoms with E-state index in [9.17, 15) is 8.42 Å². The van der Waals surface area contributed by atoms with Gasteiger partial charge in [0.1, 0.15) is 4.90 Å². The van der Waals surface area contributed by atoms with Gasteiger partial charge < -0.3 is 9.84 Å². The second-order valence-electron chi connectivity index (χ2n) is 4.09. The molecular formula is C12H17Cl2NO4S. The molecule has 0 saturated heterocycles. The highest BCUT2D eigenvalue weighted by Crippen LogP contribution is 2.30. The van der Waals surface area contributed by atoms with E-state index in [1.807, 2.05) is 0 Å². The number of aliphatic hydroxyl groups is 1. The Morgan fingerprint density at radius 1 is 1.30 bits per heavy atom. The number of methoxy groups -OCH3 is 1. The highest BCUT2D eigenvalue weighted by Gasteiger charge is 2.20. The van der Waals surface area contributed by atoms with Gasteiger partial charge in [-0.25, -0.2) is 13.1 Å². The summed E-state index contributed by atoms with van der Waals surface area (Å²) in [6, 6.07) is 2.72. The van der Waals surface area contributed by atoms with E-state index in [1.165, 1.54) is 12.1 Å². The first kappa shape index (κ1) is 17.7. The van der Waals surface area contributed by atoms with Crippen molar-refractivity contribution in [2.45, 2.75) is 24.3 Å². The lowest BCUT2D eigenvalue weighted by molar-refractivity contribution is 0.193. The van der Waals surface area contributed by atoms with Gasteiger partial charge in [0.2, 0.25) is 10.0 Å². The van der Waals surface area contributed by atoms with Gasteiger partial charge in [-0.1, -0.05) is 23.2 Å². The highest BCUT2D eigenvalue weighted by atomic mass is 35.5. The van der Waals surface area contributed by atoms with Gasteiger partial charge in [0.15, 0.2) is 0 Å². The van der Waals surface area contributed by atoms with E-state index in [-0.39, 0.29) is 20.5 Å². The topological polar surface area (TPSA) is 75.6 Å². The normalized spacial score (nSPS) is 11.8. The molecule has 0 aromatic heterocycles. The molecule has 0 amide bonds. The lowest BCUT2D eigenvalue weighted by atomic mass is 10.2. The Hall–Kier alpha value is -0.370. The average molecular weight is 342 g/mol. The molecule has 0 fully saturated rings. The summed E-state index contributed by atoms with van der Waals surface area (Å²) in [6.07, 6.45) is 1.42. The van der Waals surface area contributed by atoms with Crippen LogP contribution in [0.15, 0.2) is 17.0 Å². The minimum Gasteiger partial charge on any atom is -0.392 e. The third-order valence-electron chi connectivity index (χ3n) is 2.67. The Balaban J connectivity index is 2.83. The lowest BCUT2D eigenvalue weighted by Crippen LogP contribution is -2.25. The van der Waals surface area contributed by atoms with Crippen molar-refractivity contribution >= 4 is 33.2 Å². The van der Waals surface area contributed by atoms with Crippen LogP contribution >= 0.6 is 23.2 Å². The monoisotopic (exact) mass is 341 g/mol. The zero-order valence-corrected chi connectivity index (χ0v) is 13.4. The maximum absolute atomic E-state index is 12.1. The molecule has 20 heavy (non-hydrogen) atoms. The molecule has 0 spiro atoms. The summed E-state index contributed by atoms with van der Waals surface area (Å²) in [4.78, 5) is -0.0839. The average Bonchev–Trinajstić information content (AvgIpc) is 2.38. The SMILES string of the molecule is COCCCCNS(=O)(=O)c1ccc(Cl)c(CO)c1Cl. The van der Waals surface area contributed by atoms with Crippen molar-refractivity contribution in [3.63, 3.8) is 0 Å². The van der Waals surface area contributed by atoms with Crippen molar-refractivity contribution < 1.29 is 18.3 Å². The van der Waals surface area contributed by atoms with Crippen LogP contribution in [0.25, 0.3) is 0 Å². The van der Waals surface area contributed by atoms with Crippen molar-refractivity contribution in [2.24, 2.45) is 0 Å². The van der Waals surface area contributed by atoms with Crippen LogP contribution in [-0.4, -0.2) is 33.8 Å². The molecule has 0 atom stereocenters. The summed E-state index contributed by atoms with van der Waals surface area (Å²) < 4.78 is 31.6. The van der Waals surface area contributed by atoms with Gasteiger partial charge in [-0.2, -0.15) is 0 Å². The van der Waals surface area contributed by atoms with Crippen LogP contribution in [0.3, 0.4) is 0 Å². The fourth-order valence-corrected chi connectivity index (χ4v) is 3.55. The van der Waals surface area contributed by atoms with Crippen molar-refractivity contribution in [3.8, 4) is 0 Å². The van der Waals surface area contributed by atoms with Gasteiger partial charge in [-0.15, -0.1) is 0 Å². The summed E-state index contributed by atoms with van der Waals surface area (Å²) >= 11 is 11.8. The minimum atomic E-state index is -3.72. The summed E-state index contributed by atoms with van der Waals surface area (Å²) in [5.74, 6) is 0. The number of benzene rings is 1. The van der Waals surface area contributed by atoms with Gasteiger partial charge in [-0.05, 0) is 25.0 Å². The summed E-state index contributed by atoms with van der Waals surface area (Å²) in [7, 11) is -2.13. The van der Waals surface area contributed by atoms with Crippen LogP contribution in [0.2, 0.25) is 10.0 Å². The molecular weight excluding hydrogens is 325 g/mol. The van der Waals surface area contributed by atoms with Crippen LogP contribution in [0.4, 0.5) is 0 Å². The maximum Gasteiger partial charge on any atom is 0.242 e. The number of sulfonamides is 1. The number of rotatable bonds is 8. The van der Waals surface area contributed by atoms with E-state index >= 15 is 0 Å². The third kappa shape index (κ3) is 4.58. The van der Waals surface area contributed by atoms with Crippen LogP contribution in [0.1, 0.15) is 18.4 Å². The van der Waals surface area contributed by atoms with Crippen LogP contribution in [-0.2, 0) is 21.4 Å². The molecule has 114 valence electrons. The molecule has 0 aliphatic carbocycles. The smallest absolute Gasteiger partial charge is 0.242 e. The Morgan fingerprint density at radius 3 is 2.60 bits per heavy atom. The Kier molecular flexibility index (Phi) is 7.22. The van der Waals surface area contributed by atoms with Gasteiger partial charge in [0.05, 0.1) is 11.6 Å². The zero-order chi connectivity index (χ0) is 15.2. The highest BCUT2D eigenvalue weighted by molar-refractivity contribution is 7.89. The molecule has 0 aliphatic heterocycles. The molecule has 0 saturated carbocycles. The van der Waals surface area contributed by atoms with Gasteiger partial charge in [0.25, 0.3) is 0 Å². The zero-order valence-electron chi connectivity index (χ0n) is 11.0. The first-order valence-corrected chi connectivity index (χ1v) is 8.24. The van der Waals surface area contributed by atoms with Crippen molar-refractivity contribution in [1.82, 2.24) is 4.72 Å². The second-order valence-corrected chi connectivity index (χ2v) is 6.61. The summed E-state index contributed by atoms with van der Waals surface area (Å²) in [6.45, 7) is 0.450. The number of nitrogens with one attached hydrogen (secondary N) is 1. The van der Waals surface area contributed by atoms with Crippen LogP contribution in [0.5, 0.6) is 0 Å². The van der Waals surface area contributed by atoms with E-state index in [4.69, 9.17) is 33.0 Å². The van der Waals surface area contributed by atoms with E-state index in [0.29, 0.717) is 19.6 Å². The fraction of sp³-hybridized carbons (Fsp3) is 0.500. The molecule has 1 aromatic carbocycles. The van der Waals surface area contributed by atoms with Crippen molar-refractivity contribution in [3.05, 3.63) is 27.7 Å². The molecule has 2 N–H and O–H groups in total. The van der Waals surface area contributed by atoms with Gasteiger partial charge in [-0.3, -0.25) is 0 Å². The number of hydrogen-bond acceptors (Lipinski definition) is 4. The Labute approximate surface area is 128 Å². The van der Waals surface area contributed by atoms with Crippen LogP contribution < -0.4 is 4.72 Å². The first-order chi connectivity index (χ1) is 9.44. The Bertz CT molecular complexity index is 549. The molecule has 8 heteroatoms. The minimum absolute atomic E-state index is 0.0515. The fourth-order valence-electron chi connectivity index (χ4n) is 1.58. The van der Waals surface area contributed by atoms with Gasteiger partial charge in [0, 0.05) is 30.8 Å². The van der Waals surface area contributed by atoms with Crippen molar-refractivity contribution in [1.29, 1.82) is 0 Å². The quantitative estimate of drug-likeness (QED) is 0.710. The number of hydrogen-bond donors (Lipinski definition) is 2. The predicted octanol–water partition coefficient (Wildman–Crippen LogP) is 2.19. The molecule has 0 bridgehead atoms. The molecule has 0 unspecified atom stereocenters. The molecule has 5 nitrogen and oxygen atoms in total. The van der Waals surface area contributed by atoms with Crippen LogP contribution in [0, 0.1) is 0 Å². The predicted molar refractivity (Wildman–Crippen MR) is 78.7 cm³/mol. The third-order valence-corrected chi connectivity index (χ3v) is 5.07. The summed E-state index contributed by atoms with van der Waals surface area (Å²) in [5.41, 5.74) is 0.204. The number of halogens is 2. The molecule has 1 rings (SSSR count). The molecule has 1 aromatic rings. The van der Waals surface area contributed by atoms with Gasteiger partial charge >= 0.3 is 0 Å².